The third-order valence-corrected chi connectivity index (χ3v) is 4.38. The fraction of sp³-hybridized carbons (Fsp3) is 0.273. The van der Waals surface area contributed by atoms with Crippen molar-refractivity contribution < 1.29 is 9.47 Å². The Morgan fingerprint density at radius 3 is 2.57 bits per heavy atom. The van der Waals surface area contributed by atoms with E-state index < -0.39 is 0 Å². The van der Waals surface area contributed by atoms with Gasteiger partial charge in [0, 0.05) is 19.3 Å². The molecular weight excluding hydrogens is 352 g/mol. The summed E-state index contributed by atoms with van der Waals surface area (Å²) in [5, 5.41) is 6.62. The zero-order chi connectivity index (χ0) is 19.6. The van der Waals surface area contributed by atoms with Crippen LogP contribution in [0.3, 0.4) is 0 Å². The molecule has 0 aliphatic rings. The topological polar surface area (TPSA) is 68.3 Å². The van der Waals surface area contributed by atoms with Gasteiger partial charge in [-0.05, 0) is 48.2 Å². The van der Waals surface area contributed by atoms with E-state index in [2.05, 4.69) is 32.7 Å². The van der Waals surface area contributed by atoms with E-state index in [9.17, 15) is 0 Å². The molecule has 28 heavy (non-hydrogen) atoms. The third-order valence-electron chi connectivity index (χ3n) is 4.38. The quantitative estimate of drug-likeness (QED) is 0.559. The zero-order valence-corrected chi connectivity index (χ0v) is 16.3. The molecule has 0 radical (unpaired) electrons. The van der Waals surface area contributed by atoms with Crippen molar-refractivity contribution in [3.63, 3.8) is 0 Å². The average Bonchev–Trinajstić information content (AvgIpc) is 2.74. The Labute approximate surface area is 166 Å². The highest BCUT2D eigenvalue weighted by molar-refractivity contribution is 5.40. The number of rotatable bonds is 10. The smallest absolute Gasteiger partial charge is 0.224 e. The standard InChI is InChI=1S/C22H26N4O2/c1-27-19-8-5-6-17(16-19)10-13-23-21-12-15-25-22(26-21)24-14-11-18-7-3-4-9-20(18)28-2/h3-9,12,15-16H,10-11,13-14H2,1-2H3,(H2,23,24,25,26). The molecule has 0 spiro atoms. The first kappa shape index (κ1) is 19.5. The second-order valence-corrected chi connectivity index (χ2v) is 6.28. The number of methoxy groups -OCH3 is 2. The first-order valence-electron chi connectivity index (χ1n) is 9.34. The van der Waals surface area contributed by atoms with Gasteiger partial charge in [-0.25, -0.2) is 4.98 Å². The van der Waals surface area contributed by atoms with Gasteiger partial charge in [0.25, 0.3) is 0 Å². The normalized spacial score (nSPS) is 10.4. The lowest BCUT2D eigenvalue weighted by Crippen LogP contribution is -2.11. The van der Waals surface area contributed by atoms with E-state index in [1.54, 1.807) is 20.4 Å². The van der Waals surface area contributed by atoms with E-state index in [4.69, 9.17) is 9.47 Å². The number of ether oxygens (including phenoxy) is 2. The molecule has 0 fully saturated rings. The van der Waals surface area contributed by atoms with Crippen LogP contribution >= 0.6 is 0 Å². The second kappa shape index (κ2) is 10.2. The Morgan fingerprint density at radius 2 is 1.71 bits per heavy atom. The number of nitrogens with zero attached hydrogens (tertiary/aromatic N) is 2. The molecule has 0 bridgehead atoms. The monoisotopic (exact) mass is 378 g/mol. The van der Waals surface area contributed by atoms with E-state index in [0.717, 1.165) is 48.8 Å². The second-order valence-electron chi connectivity index (χ2n) is 6.28. The van der Waals surface area contributed by atoms with E-state index in [1.807, 2.05) is 42.5 Å². The maximum Gasteiger partial charge on any atom is 0.224 e. The summed E-state index contributed by atoms with van der Waals surface area (Å²) in [7, 11) is 3.37. The molecule has 2 N–H and O–H groups in total. The van der Waals surface area contributed by atoms with Crippen LogP contribution in [-0.4, -0.2) is 37.3 Å². The predicted molar refractivity (Wildman–Crippen MR) is 112 cm³/mol. The van der Waals surface area contributed by atoms with Crippen molar-refractivity contribution in [3.05, 3.63) is 71.9 Å². The van der Waals surface area contributed by atoms with Crippen LogP contribution in [0.4, 0.5) is 11.8 Å². The summed E-state index contributed by atoms with van der Waals surface area (Å²) in [6.45, 7) is 1.51. The number of nitrogens with one attached hydrogen (secondary N) is 2. The SMILES string of the molecule is COc1cccc(CCNc2ccnc(NCCc3ccccc3OC)n2)c1. The summed E-state index contributed by atoms with van der Waals surface area (Å²) in [4.78, 5) is 8.81. The maximum absolute atomic E-state index is 5.39. The maximum atomic E-state index is 5.39. The molecule has 0 aliphatic carbocycles. The van der Waals surface area contributed by atoms with Gasteiger partial charge in [-0.3, -0.25) is 0 Å². The number of aromatic nitrogens is 2. The predicted octanol–water partition coefficient (Wildman–Crippen LogP) is 3.80. The summed E-state index contributed by atoms with van der Waals surface area (Å²) in [6.07, 6.45) is 3.48. The van der Waals surface area contributed by atoms with Crippen molar-refractivity contribution in [1.29, 1.82) is 0 Å². The summed E-state index contributed by atoms with van der Waals surface area (Å²) < 4.78 is 10.6. The molecule has 3 rings (SSSR count). The zero-order valence-electron chi connectivity index (χ0n) is 16.3. The Bertz CT molecular complexity index is 886. The third kappa shape index (κ3) is 5.61. The van der Waals surface area contributed by atoms with Gasteiger partial charge in [0.15, 0.2) is 0 Å². The minimum atomic E-state index is 0.612. The van der Waals surface area contributed by atoms with Gasteiger partial charge < -0.3 is 20.1 Å². The Morgan fingerprint density at radius 1 is 0.857 bits per heavy atom. The van der Waals surface area contributed by atoms with Gasteiger partial charge in [-0.15, -0.1) is 0 Å². The Hall–Kier alpha value is -3.28. The van der Waals surface area contributed by atoms with Gasteiger partial charge in [0.1, 0.15) is 17.3 Å². The van der Waals surface area contributed by atoms with E-state index >= 15 is 0 Å². The van der Waals surface area contributed by atoms with E-state index in [0.29, 0.717) is 5.95 Å². The summed E-state index contributed by atoms with van der Waals surface area (Å²) in [5.74, 6) is 3.19. The van der Waals surface area contributed by atoms with Crippen molar-refractivity contribution in [2.24, 2.45) is 0 Å². The Balaban J connectivity index is 1.48. The van der Waals surface area contributed by atoms with Gasteiger partial charge in [-0.1, -0.05) is 30.3 Å². The van der Waals surface area contributed by atoms with Crippen LogP contribution in [0.25, 0.3) is 0 Å². The highest BCUT2D eigenvalue weighted by Crippen LogP contribution is 2.18. The van der Waals surface area contributed by atoms with Crippen molar-refractivity contribution in [2.75, 3.05) is 37.9 Å². The number of benzene rings is 2. The van der Waals surface area contributed by atoms with Crippen LogP contribution in [0.2, 0.25) is 0 Å². The largest absolute Gasteiger partial charge is 0.497 e. The van der Waals surface area contributed by atoms with E-state index in [-0.39, 0.29) is 0 Å². The number of anilines is 2. The molecule has 0 saturated heterocycles. The minimum Gasteiger partial charge on any atom is -0.497 e. The first-order valence-corrected chi connectivity index (χ1v) is 9.34. The molecule has 0 unspecified atom stereocenters. The van der Waals surface area contributed by atoms with Gasteiger partial charge in [0.2, 0.25) is 5.95 Å². The van der Waals surface area contributed by atoms with Crippen LogP contribution < -0.4 is 20.1 Å². The van der Waals surface area contributed by atoms with Crippen LogP contribution in [0, 0.1) is 0 Å². The fourth-order valence-electron chi connectivity index (χ4n) is 2.92. The fourth-order valence-corrected chi connectivity index (χ4v) is 2.92. The molecule has 2 aromatic carbocycles. The molecule has 1 aromatic heterocycles. The summed E-state index contributed by atoms with van der Waals surface area (Å²) in [5.41, 5.74) is 2.38. The average molecular weight is 378 g/mol. The van der Waals surface area contributed by atoms with Crippen molar-refractivity contribution in [3.8, 4) is 11.5 Å². The van der Waals surface area contributed by atoms with Crippen molar-refractivity contribution >= 4 is 11.8 Å². The molecular formula is C22H26N4O2. The number of hydrogen-bond donors (Lipinski definition) is 2. The summed E-state index contributed by atoms with van der Waals surface area (Å²) in [6, 6.07) is 18.0. The molecule has 3 aromatic rings. The highest BCUT2D eigenvalue weighted by Gasteiger charge is 2.03. The van der Waals surface area contributed by atoms with Crippen LogP contribution in [0.15, 0.2) is 60.8 Å². The molecule has 0 amide bonds. The lowest BCUT2D eigenvalue weighted by atomic mass is 10.1. The summed E-state index contributed by atoms with van der Waals surface area (Å²) >= 11 is 0. The first-order chi connectivity index (χ1) is 13.8. The lowest BCUT2D eigenvalue weighted by Gasteiger charge is -2.10. The molecule has 0 atom stereocenters. The molecule has 146 valence electrons. The van der Waals surface area contributed by atoms with Gasteiger partial charge in [0.05, 0.1) is 14.2 Å². The number of hydrogen-bond acceptors (Lipinski definition) is 6. The number of para-hydroxylation sites is 1. The lowest BCUT2D eigenvalue weighted by molar-refractivity contribution is 0.410. The van der Waals surface area contributed by atoms with E-state index in [1.165, 1.54) is 5.56 Å². The van der Waals surface area contributed by atoms with Crippen LogP contribution in [0.5, 0.6) is 11.5 Å². The van der Waals surface area contributed by atoms with Crippen molar-refractivity contribution in [1.82, 2.24) is 9.97 Å². The molecule has 1 heterocycles. The minimum absolute atomic E-state index is 0.612. The molecule has 0 saturated carbocycles. The van der Waals surface area contributed by atoms with Crippen LogP contribution in [-0.2, 0) is 12.8 Å². The molecule has 0 aliphatic heterocycles. The van der Waals surface area contributed by atoms with Gasteiger partial charge in [-0.2, -0.15) is 4.98 Å². The van der Waals surface area contributed by atoms with Crippen molar-refractivity contribution in [2.45, 2.75) is 12.8 Å². The Kier molecular flexibility index (Phi) is 7.07. The molecule has 6 nitrogen and oxygen atoms in total. The molecule has 6 heteroatoms. The highest BCUT2D eigenvalue weighted by atomic mass is 16.5. The van der Waals surface area contributed by atoms with Gasteiger partial charge >= 0.3 is 0 Å². The van der Waals surface area contributed by atoms with Crippen LogP contribution in [0.1, 0.15) is 11.1 Å².